The maximum absolute atomic E-state index is 13.3. The Morgan fingerprint density at radius 1 is 1.10 bits per heavy atom. The highest BCUT2D eigenvalue weighted by Gasteiger charge is 2.08. The fourth-order valence-corrected chi connectivity index (χ4v) is 1.94. The monoisotopic (exact) mass is 276 g/mol. The minimum atomic E-state index is -0.887. The molecule has 20 heavy (non-hydrogen) atoms. The lowest BCUT2D eigenvalue weighted by Gasteiger charge is -2.10. The second kappa shape index (κ2) is 6.25. The molecule has 2 rings (SSSR count). The van der Waals surface area contributed by atoms with E-state index in [-0.39, 0.29) is 6.54 Å². The summed E-state index contributed by atoms with van der Waals surface area (Å²) in [6.07, 6.45) is 0. The largest absolute Gasteiger partial charge is 0.369 e. The van der Waals surface area contributed by atoms with Crippen molar-refractivity contribution in [3.05, 3.63) is 59.7 Å². The molecule has 0 bridgehead atoms. The zero-order valence-corrected chi connectivity index (χ0v) is 10.7. The molecule has 0 radical (unpaired) electrons. The van der Waals surface area contributed by atoms with Crippen LogP contribution in [0.4, 0.5) is 8.78 Å². The SMILES string of the molecule is NC(=O)CNCc1ccccc1-c1ccc(F)c(F)c1. The predicted octanol–water partition coefficient (Wildman–Crippen LogP) is 2.21. The molecule has 5 heteroatoms. The molecule has 104 valence electrons. The standard InChI is InChI=1S/C15H14F2N2O/c16-13-6-5-10(7-14(13)17)12-4-2-1-3-11(12)8-19-9-15(18)20/h1-7,19H,8-9H2,(H2,18,20). The van der Waals surface area contributed by atoms with Crippen LogP contribution in [0, 0.1) is 11.6 Å². The summed E-state index contributed by atoms with van der Waals surface area (Å²) in [5.41, 5.74) is 7.29. The summed E-state index contributed by atoms with van der Waals surface area (Å²) in [4.78, 5) is 10.7. The highest BCUT2D eigenvalue weighted by molar-refractivity contribution is 5.76. The molecular weight excluding hydrogens is 262 g/mol. The molecule has 0 heterocycles. The van der Waals surface area contributed by atoms with Gasteiger partial charge in [0.25, 0.3) is 0 Å². The van der Waals surface area contributed by atoms with Gasteiger partial charge in [0.1, 0.15) is 0 Å². The highest BCUT2D eigenvalue weighted by atomic mass is 19.2. The van der Waals surface area contributed by atoms with Crippen LogP contribution in [0.5, 0.6) is 0 Å². The molecule has 2 aromatic rings. The van der Waals surface area contributed by atoms with Gasteiger partial charge in [-0.2, -0.15) is 0 Å². The number of carbonyl (C=O) groups excluding carboxylic acids is 1. The normalized spacial score (nSPS) is 10.5. The van der Waals surface area contributed by atoms with Crippen molar-refractivity contribution in [1.82, 2.24) is 5.32 Å². The Bertz CT molecular complexity index is 629. The first-order chi connectivity index (χ1) is 9.58. The van der Waals surface area contributed by atoms with Gasteiger partial charge in [-0.1, -0.05) is 30.3 Å². The van der Waals surface area contributed by atoms with E-state index in [1.54, 1.807) is 0 Å². The van der Waals surface area contributed by atoms with Crippen molar-refractivity contribution in [3.8, 4) is 11.1 Å². The molecule has 0 atom stereocenters. The summed E-state index contributed by atoms with van der Waals surface area (Å²) in [6, 6.07) is 11.1. The van der Waals surface area contributed by atoms with E-state index in [2.05, 4.69) is 5.32 Å². The number of primary amides is 1. The van der Waals surface area contributed by atoms with Crippen LogP contribution in [-0.2, 0) is 11.3 Å². The van der Waals surface area contributed by atoms with Crippen molar-refractivity contribution < 1.29 is 13.6 Å². The summed E-state index contributed by atoms with van der Waals surface area (Å²) in [5.74, 6) is -2.21. The van der Waals surface area contributed by atoms with Crippen LogP contribution in [-0.4, -0.2) is 12.5 Å². The zero-order chi connectivity index (χ0) is 14.5. The lowest BCUT2D eigenvalue weighted by Crippen LogP contribution is -2.28. The van der Waals surface area contributed by atoms with Gasteiger partial charge in [0.2, 0.25) is 5.91 Å². The molecule has 3 N–H and O–H groups in total. The number of hydrogen-bond acceptors (Lipinski definition) is 2. The highest BCUT2D eigenvalue weighted by Crippen LogP contribution is 2.25. The van der Waals surface area contributed by atoms with Crippen LogP contribution in [0.1, 0.15) is 5.56 Å². The Labute approximate surface area is 115 Å². The number of halogens is 2. The van der Waals surface area contributed by atoms with Crippen molar-refractivity contribution in [2.24, 2.45) is 5.73 Å². The third kappa shape index (κ3) is 3.39. The molecule has 0 saturated heterocycles. The van der Waals surface area contributed by atoms with Crippen LogP contribution in [0.2, 0.25) is 0 Å². The summed E-state index contributed by atoms with van der Waals surface area (Å²) in [7, 11) is 0. The molecule has 0 aliphatic carbocycles. The Hall–Kier alpha value is -2.27. The second-order valence-corrected chi connectivity index (χ2v) is 4.36. The molecular formula is C15H14F2N2O. The van der Waals surface area contributed by atoms with E-state index in [9.17, 15) is 13.6 Å². The second-order valence-electron chi connectivity index (χ2n) is 4.36. The average Bonchev–Trinajstić information content (AvgIpc) is 2.42. The summed E-state index contributed by atoms with van der Waals surface area (Å²) < 4.78 is 26.3. The van der Waals surface area contributed by atoms with Gasteiger partial charge in [0.05, 0.1) is 6.54 Å². The first kappa shape index (κ1) is 14.1. The molecule has 0 spiro atoms. The van der Waals surface area contributed by atoms with Crippen LogP contribution in [0.25, 0.3) is 11.1 Å². The minimum absolute atomic E-state index is 0.0616. The summed E-state index contributed by atoms with van der Waals surface area (Å²) >= 11 is 0. The maximum atomic E-state index is 13.3. The number of amides is 1. The van der Waals surface area contributed by atoms with E-state index in [1.807, 2.05) is 24.3 Å². The number of nitrogens with one attached hydrogen (secondary N) is 1. The topological polar surface area (TPSA) is 55.1 Å². The number of rotatable bonds is 5. The molecule has 0 aromatic heterocycles. The number of hydrogen-bond donors (Lipinski definition) is 2. The van der Waals surface area contributed by atoms with Crippen LogP contribution in [0.3, 0.4) is 0 Å². The zero-order valence-electron chi connectivity index (χ0n) is 10.7. The Balaban J connectivity index is 2.26. The summed E-state index contributed by atoms with van der Waals surface area (Å²) in [6.45, 7) is 0.476. The molecule has 0 unspecified atom stereocenters. The van der Waals surface area contributed by atoms with Crippen molar-refractivity contribution >= 4 is 5.91 Å². The van der Waals surface area contributed by atoms with Gasteiger partial charge >= 0.3 is 0 Å². The molecule has 0 aliphatic heterocycles. The van der Waals surface area contributed by atoms with Crippen LogP contribution < -0.4 is 11.1 Å². The Morgan fingerprint density at radius 2 is 1.85 bits per heavy atom. The van der Waals surface area contributed by atoms with Gasteiger partial charge in [0.15, 0.2) is 11.6 Å². The predicted molar refractivity (Wildman–Crippen MR) is 72.7 cm³/mol. The number of nitrogens with two attached hydrogens (primary N) is 1. The fourth-order valence-electron chi connectivity index (χ4n) is 1.94. The van der Waals surface area contributed by atoms with Crippen molar-refractivity contribution in [1.29, 1.82) is 0 Å². The van der Waals surface area contributed by atoms with Crippen molar-refractivity contribution in [2.75, 3.05) is 6.54 Å². The van der Waals surface area contributed by atoms with E-state index >= 15 is 0 Å². The number of benzene rings is 2. The van der Waals surface area contributed by atoms with E-state index in [4.69, 9.17) is 5.73 Å². The maximum Gasteiger partial charge on any atom is 0.231 e. The molecule has 2 aromatic carbocycles. The first-order valence-corrected chi connectivity index (χ1v) is 6.10. The molecule has 3 nitrogen and oxygen atoms in total. The van der Waals surface area contributed by atoms with Gasteiger partial charge in [-0.15, -0.1) is 0 Å². The lowest BCUT2D eigenvalue weighted by atomic mass is 9.99. The van der Waals surface area contributed by atoms with Crippen molar-refractivity contribution in [2.45, 2.75) is 6.54 Å². The van der Waals surface area contributed by atoms with Gasteiger partial charge in [-0.3, -0.25) is 4.79 Å². The van der Waals surface area contributed by atoms with Gasteiger partial charge in [-0.05, 0) is 28.8 Å². The van der Waals surface area contributed by atoms with Gasteiger partial charge in [0, 0.05) is 6.54 Å². The quantitative estimate of drug-likeness (QED) is 0.879. The first-order valence-electron chi connectivity index (χ1n) is 6.10. The Kier molecular flexibility index (Phi) is 4.42. The van der Waals surface area contributed by atoms with Crippen molar-refractivity contribution in [3.63, 3.8) is 0 Å². The van der Waals surface area contributed by atoms with Gasteiger partial charge < -0.3 is 11.1 Å². The molecule has 0 fully saturated rings. The summed E-state index contributed by atoms with van der Waals surface area (Å²) in [5, 5.41) is 2.89. The third-order valence-corrected chi connectivity index (χ3v) is 2.86. The van der Waals surface area contributed by atoms with E-state index in [1.165, 1.54) is 6.07 Å². The van der Waals surface area contributed by atoms with E-state index in [0.717, 1.165) is 23.3 Å². The van der Waals surface area contributed by atoms with Crippen LogP contribution in [0.15, 0.2) is 42.5 Å². The van der Waals surface area contributed by atoms with E-state index in [0.29, 0.717) is 12.1 Å². The molecule has 0 aliphatic rings. The molecule has 0 saturated carbocycles. The third-order valence-electron chi connectivity index (χ3n) is 2.86. The fraction of sp³-hybridized carbons (Fsp3) is 0.133. The van der Waals surface area contributed by atoms with Crippen LogP contribution >= 0.6 is 0 Å². The lowest BCUT2D eigenvalue weighted by molar-refractivity contribution is -0.117. The molecule has 1 amide bonds. The van der Waals surface area contributed by atoms with E-state index < -0.39 is 17.5 Å². The minimum Gasteiger partial charge on any atom is -0.369 e. The average molecular weight is 276 g/mol. The van der Waals surface area contributed by atoms with Gasteiger partial charge in [-0.25, -0.2) is 8.78 Å². The smallest absolute Gasteiger partial charge is 0.231 e. The number of carbonyl (C=O) groups is 1. The Morgan fingerprint density at radius 3 is 2.55 bits per heavy atom.